The second-order valence-corrected chi connectivity index (χ2v) is 0.0945. The van der Waals surface area contributed by atoms with Gasteiger partial charge in [-0.25, -0.2) is 0 Å². The van der Waals surface area contributed by atoms with Gasteiger partial charge in [0, 0.05) is 0 Å². The van der Waals surface area contributed by atoms with Gasteiger partial charge in [0.1, 0.15) is 0 Å². The monoisotopic (exact) mass is 50.0 g/mol. The summed E-state index contributed by atoms with van der Waals surface area (Å²) in [6.07, 6.45) is 5.79. The summed E-state index contributed by atoms with van der Waals surface area (Å²) < 4.78 is 9.71. The minimum absolute atomic E-state index is 0. The molecule has 0 spiro atoms. The van der Waals surface area contributed by atoms with Crippen LogP contribution in [-0.2, 0) is 0 Å². The second kappa shape index (κ2) is 11.4. The predicted octanol–water partition coefficient (Wildman–Crippen LogP) is -2.49. The van der Waals surface area contributed by atoms with Crippen molar-refractivity contribution in [2.45, 2.75) is 0 Å². The average Bonchev–Trinajstić information content (AvgIpc) is 0.918. The largest absolute Gasteiger partial charge is 1.00 e. The molecule has 0 N–H and O–H groups in total. The molecule has 0 rings (SSSR count). The van der Waals surface area contributed by atoms with Crippen LogP contribution in [0.3, 0.4) is 0 Å². The zero-order valence-electron chi connectivity index (χ0n) is 2.38. The summed E-state index contributed by atoms with van der Waals surface area (Å²) in [6.45, 7) is 0. The zero-order valence-corrected chi connectivity index (χ0v) is 2.38. The van der Waals surface area contributed by atoms with Crippen molar-refractivity contribution in [1.29, 1.82) is 0 Å². The minimum Gasteiger partial charge on any atom is -0.656 e. The van der Waals surface area contributed by atoms with Gasteiger partial charge in [0.25, 0.3) is 0 Å². The van der Waals surface area contributed by atoms with Crippen LogP contribution in [0.15, 0.2) is 0 Å². The Balaban J connectivity index is 0. The van der Waals surface area contributed by atoms with Crippen LogP contribution in [0.2, 0.25) is 0 Å². The maximum atomic E-state index is 9.71. The summed E-state index contributed by atoms with van der Waals surface area (Å²) in [5.74, 6) is 0. The molecule has 0 atom stereocenters. The maximum absolute atomic E-state index is 9.71. The maximum Gasteiger partial charge on any atom is 1.00 e. The Morgan fingerprint density at radius 2 is 1.75 bits per heavy atom. The molecule has 0 nitrogen and oxygen atoms in total. The van der Waals surface area contributed by atoms with E-state index in [4.69, 9.17) is 6.42 Å². The molecule has 0 heterocycles. The zero-order chi connectivity index (χ0) is 2.71. The molecule has 0 aromatic carbocycles. The molecule has 0 aromatic rings. The van der Waals surface area contributed by atoms with E-state index in [9.17, 15) is 4.39 Å². The first-order valence-corrected chi connectivity index (χ1v) is 0.439. The van der Waals surface area contributed by atoms with E-state index in [1.807, 2.05) is 0 Å². The predicted molar refractivity (Wildman–Crippen MR) is 8.24 cm³/mol. The molecule has 0 unspecified atom stereocenters. The molecule has 0 fully saturated rings. The molecule has 0 aliphatic heterocycles. The number of hydrogen-bond donors (Lipinski definition) is 0. The van der Waals surface area contributed by atoms with Gasteiger partial charge in [-0.05, 0) is 0 Å². The molecule has 0 aromatic heterocycles. The fraction of sp³-hybridized carbons (Fsp3) is 0. The Hall–Kier alpha value is 0.0874. The van der Waals surface area contributed by atoms with Crippen LogP contribution >= 0.6 is 0 Å². The average molecular weight is 50.0 g/mol. The van der Waals surface area contributed by atoms with E-state index in [1.54, 1.807) is 0 Å². The Kier molecular flexibility index (Phi) is 25.4. The number of hydrogen-bond acceptors (Lipinski definition) is 0. The van der Waals surface area contributed by atoms with Crippen molar-refractivity contribution in [1.82, 2.24) is 0 Å². The summed E-state index contributed by atoms with van der Waals surface area (Å²) in [5, 5.41) is 0. The summed E-state index contributed by atoms with van der Waals surface area (Å²) >= 11 is 0. The van der Waals surface area contributed by atoms with Crippen molar-refractivity contribution in [2.24, 2.45) is 0 Å². The molecular weight excluding hydrogens is 50.0 g/mol. The van der Waals surface area contributed by atoms with Crippen molar-refractivity contribution < 1.29 is 23.3 Å². The third kappa shape index (κ3) is 323. The summed E-state index contributed by atoms with van der Waals surface area (Å²) in [4.78, 5) is 0. The van der Waals surface area contributed by atoms with Gasteiger partial charge >= 0.3 is 18.9 Å². The van der Waals surface area contributed by atoms with Crippen LogP contribution in [-0.4, -0.2) is 0 Å². The molecular formula is C2FLi. The normalized spacial score (nSPS) is 2.00. The minimum atomic E-state index is 0. The van der Waals surface area contributed by atoms with Gasteiger partial charge in [0.05, 0.1) is 0 Å². The summed E-state index contributed by atoms with van der Waals surface area (Å²) in [7, 11) is 0. The molecule has 0 bridgehead atoms. The molecule has 0 saturated carbocycles. The summed E-state index contributed by atoms with van der Waals surface area (Å²) in [6, 6.07) is 0. The molecule has 0 aliphatic rings. The van der Waals surface area contributed by atoms with Crippen LogP contribution < -0.4 is 18.9 Å². The summed E-state index contributed by atoms with van der Waals surface area (Å²) in [5.41, 5.74) is 0. The van der Waals surface area contributed by atoms with Gasteiger partial charge < -0.3 is 6.42 Å². The van der Waals surface area contributed by atoms with Crippen LogP contribution in [0.4, 0.5) is 4.39 Å². The third-order valence-electron chi connectivity index (χ3n) is 0. The van der Waals surface area contributed by atoms with E-state index >= 15 is 0 Å². The van der Waals surface area contributed by atoms with Crippen LogP contribution in [0.5, 0.6) is 0 Å². The van der Waals surface area contributed by atoms with E-state index in [0.29, 0.717) is 6.17 Å². The van der Waals surface area contributed by atoms with Gasteiger partial charge in [0.2, 0.25) is 0 Å². The topological polar surface area (TPSA) is 0 Å². The van der Waals surface area contributed by atoms with Crippen LogP contribution in [0.25, 0.3) is 0 Å². The van der Waals surface area contributed by atoms with Gasteiger partial charge in [0.15, 0.2) is 0 Å². The van der Waals surface area contributed by atoms with Crippen molar-refractivity contribution >= 4 is 0 Å². The van der Waals surface area contributed by atoms with Gasteiger partial charge in [-0.1, -0.05) is 0 Å². The first-order chi connectivity index (χ1) is 1.41. The molecule has 16 valence electrons. The van der Waals surface area contributed by atoms with Crippen molar-refractivity contribution in [2.75, 3.05) is 0 Å². The Bertz CT molecular complexity index is 27.5. The van der Waals surface area contributed by atoms with Crippen LogP contribution in [0.1, 0.15) is 0 Å². The van der Waals surface area contributed by atoms with Gasteiger partial charge in [-0.2, -0.15) is 10.6 Å². The first kappa shape index (κ1) is 8.94. The number of halogens is 1. The van der Waals surface area contributed by atoms with E-state index in [0.717, 1.165) is 0 Å². The fourth-order valence-corrected chi connectivity index (χ4v) is 0. The molecule has 0 aliphatic carbocycles. The Labute approximate surface area is 36.6 Å². The SMILES string of the molecule is [C-]#CF.[Li+]. The van der Waals surface area contributed by atoms with E-state index in [2.05, 4.69) is 0 Å². The van der Waals surface area contributed by atoms with E-state index in [-0.39, 0.29) is 18.9 Å². The molecule has 4 heavy (non-hydrogen) atoms. The van der Waals surface area contributed by atoms with E-state index in [1.165, 1.54) is 0 Å². The van der Waals surface area contributed by atoms with E-state index < -0.39 is 0 Å². The molecule has 2 heteroatoms. The van der Waals surface area contributed by atoms with Crippen LogP contribution in [0, 0.1) is 12.6 Å². The standard InChI is InChI=1S/C2F.Li/c1-2-3;/q-1;+1. The van der Waals surface area contributed by atoms with Crippen molar-refractivity contribution in [3.63, 3.8) is 0 Å². The number of rotatable bonds is 0. The van der Waals surface area contributed by atoms with Gasteiger partial charge in [-0.15, -0.1) is 0 Å². The van der Waals surface area contributed by atoms with Gasteiger partial charge in [-0.3, -0.25) is 0 Å². The second-order valence-electron chi connectivity index (χ2n) is 0.0945. The van der Waals surface area contributed by atoms with Crippen molar-refractivity contribution in [3.8, 4) is 6.17 Å². The third-order valence-corrected chi connectivity index (χ3v) is 0. The molecule has 0 radical (unpaired) electrons. The smallest absolute Gasteiger partial charge is 0.656 e. The quantitative estimate of drug-likeness (QED) is 0.162. The Morgan fingerprint density at radius 1 is 1.75 bits per heavy atom. The fourth-order valence-electron chi connectivity index (χ4n) is 0. The first-order valence-electron chi connectivity index (χ1n) is 0.439. The van der Waals surface area contributed by atoms with Crippen molar-refractivity contribution in [3.05, 3.63) is 6.42 Å². The molecule has 0 saturated heterocycles. The molecule has 0 amide bonds. The Morgan fingerprint density at radius 3 is 1.75 bits per heavy atom.